The molecule has 41 heavy (non-hydrogen) atoms. The number of hydrogen-bond acceptors (Lipinski definition) is 5. The number of benzene rings is 3. The number of nitrogens with zero attached hydrogens (tertiary/aromatic N) is 1. The van der Waals surface area contributed by atoms with Crippen molar-refractivity contribution in [2.75, 3.05) is 5.32 Å². The molecule has 0 aliphatic rings. The lowest BCUT2D eigenvalue weighted by Gasteiger charge is -2.27. The standard InChI is InChI=1S/C30H26F3N3O5/c1-29(2,3)23(28(39)40)36-25(37)19-11-9-17(10-12-19)18-13-15-21(16-14-18)34-26(38)22-24(30(31,32)33)41-27(35-22)20-7-5-4-6-8-20/h4-16,23H,1-3H3,(H,34,38)(H,36,37)(H,39,40)/t23-/m1/s1. The number of nitrogens with one attached hydrogen (secondary N) is 2. The molecular formula is C30H26F3N3O5. The van der Waals surface area contributed by atoms with Gasteiger partial charge in [0.15, 0.2) is 5.69 Å². The van der Waals surface area contributed by atoms with Crippen LogP contribution in [0.2, 0.25) is 0 Å². The van der Waals surface area contributed by atoms with Crippen molar-refractivity contribution in [1.82, 2.24) is 10.3 Å². The van der Waals surface area contributed by atoms with Crippen LogP contribution in [0.15, 0.2) is 83.3 Å². The highest BCUT2D eigenvalue weighted by atomic mass is 19.4. The smallest absolute Gasteiger partial charge is 0.452 e. The van der Waals surface area contributed by atoms with Crippen molar-refractivity contribution in [2.24, 2.45) is 5.41 Å². The zero-order valence-electron chi connectivity index (χ0n) is 22.2. The van der Waals surface area contributed by atoms with E-state index >= 15 is 0 Å². The molecule has 0 aliphatic carbocycles. The third kappa shape index (κ3) is 6.81. The molecule has 0 fully saturated rings. The average molecular weight is 566 g/mol. The molecule has 1 heterocycles. The van der Waals surface area contributed by atoms with E-state index in [9.17, 15) is 32.7 Å². The van der Waals surface area contributed by atoms with Gasteiger partial charge in [-0.1, -0.05) is 63.2 Å². The SMILES string of the molecule is CC(C)(C)[C@H](NC(=O)c1ccc(-c2ccc(NC(=O)c3nc(-c4ccccc4)oc3C(F)(F)F)cc2)cc1)C(=O)O. The molecule has 8 nitrogen and oxygen atoms in total. The van der Waals surface area contributed by atoms with Crippen LogP contribution in [0.25, 0.3) is 22.6 Å². The second kappa shape index (κ2) is 11.3. The van der Waals surface area contributed by atoms with Gasteiger partial charge in [0.1, 0.15) is 6.04 Å². The lowest BCUT2D eigenvalue weighted by atomic mass is 9.86. The molecule has 0 saturated carbocycles. The van der Waals surface area contributed by atoms with Gasteiger partial charge in [0.25, 0.3) is 11.8 Å². The van der Waals surface area contributed by atoms with Gasteiger partial charge in [-0.15, -0.1) is 0 Å². The Morgan fingerprint density at radius 2 is 1.37 bits per heavy atom. The first-order valence-corrected chi connectivity index (χ1v) is 12.4. The molecule has 4 rings (SSSR count). The molecular weight excluding hydrogens is 539 g/mol. The number of amides is 2. The van der Waals surface area contributed by atoms with Gasteiger partial charge in [0.05, 0.1) is 0 Å². The van der Waals surface area contributed by atoms with Gasteiger partial charge >= 0.3 is 12.1 Å². The number of aromatic nitrogens is 1. The summed E-state index contributed by atoms with van der Waals surface area (Å²) >= 11 is 0. The third-order valence-corrected chi connectivity index (χ3v) is 6.13. The molecule has 4 aromatic rings. The van der Waals surface area contributed by atoms with E-state index in [2.05, 4.69) is 15.6 Å². The zero-order valence-corrected chi connectivity index (χ0v) is 22.2. The number of hydrogen-bond donors (Lipinski definition) is 3. The summed E-state index contributed by atoms with van der Waals surface area (Å²) in [4.78, 5) is 40.7. The van der Waals surface area contributed by atoms with E-state index in [0.29, 0.717) is 16.7 Å². The monoisotopic (exact) mass is 565 g/mol. The summed E-state index contributed by atoms with van der Waals surface area (Å²) in [5.41, 5.74) is 0.646. The number of carboxylic acid groups (broad SMARTS) is 1. The van der Waals surface area contributed by atoms with Crippen LogP contribution in [0.3, 0.4) is 0 Å². The number of aliphatic carboxylic acids is 1. The fourth-order valence-corrected chi connectivity index (χ4v) is 3.98. The predicted molar refractivity (Wildman–Crippen MR) is 145 cm³/mol. The van der Waals surface area contributed by atoms with Crippen LogP contribution in [0.5, 0.6) is 0 Å². The van der Waals surface area contributed by atoms with Crippen LogP contribution in [-0.2, 0) is 11.0 Å². The Labute approximate surface area is 233 Å². The quantitative estimate of drug-likeness (QED) is 0.235. The average Bonchev–Trinajstić information content (AvgIpc) is 3.39. The molecule has 3 aromatic carbocycles. The number of rotatable bonds is 7. The summed E-state index contributed by atoms with van der Waals surface area (Å²) in [5, 5.41) is 14.4. The van der Waals surface area contributed by atoms with Gasteiger partial charge in [0.2, 0.25) is 11.7 Å². The minimum atomic E-state index is -4.93. The third-order valence-electron chi connectivity index (χ3n) is 6.13. The van der Waals surface area contributed by atoms with E-state index < -0.39 is 46.9 Å². The first-order chi connectivity index (χ1) is 19.2. The van der Waals surface area contributed by atoms with Crippen molar-refractivity contribution in [3.8, 4) is 22.6 Å². The lowest BCUT2D eigenvalue weighted by Crippen LogP contribution is -2.49. The number of anilines is 1. The van der Waals surface area contributed by atoms with Crippen LogP contribution in [0.4, 0.5) is 18.9 Å². The largest absolute Gasteiger partial charge is 0.480 e. The summed E-state index contributed by atoms with van der Waals surface area (Å²) in [7, 11) is 0. The normalized spacial score (nSPS) is 12.4. The van der Waals surface area contributed by atoms with Crippen molar-refractivity contribution in [1.29, 1.82) is 0 Å². The molecule has 1 aromatic heterocycles. The molecule has 0 spiro atoms. The highest BCUT2D eigenvalue weighted by Crippen LogP contribution is 2.35. The van der Waals surface area contributed by atoms with Gasteiger partial charge in [-0.25, -0.2) is 9.78 Å². The van der Waals surface area contributed by atoms with Crippen molar-refractivity contribution in [2.45, 2.75) is 33.0 Å². The van der Waals surface area contributed by atoms with Crippen molar-refractivity contribution in [3.05, 3.63) is 95.9 Å². The van der Waals surface area contributed by atoms with Crippen LogP contribution in [0, 0.1) is 5.41 Å². The second-order valence-electron chi connectivity index (χ2n) is 10.3. The Morgan fingerprint density at radius 3 is 1.88 bits per heavy atom. The predicted octanol–water partition coefficient (Wildman–Crippen LogP) is 6.51. The lowest BCUT2D eigenvalue weighted by molar-refractivity contribution is -0.153. The number of alkyl halides is 3. The summed E-state index contributed by atoms with van der Waals surface area (Å²) < 4.78 is 45.7. The topological polar surface area (TPSA) is 122 Å². The Kier molecular flexibility index (Phi) is 8.00. The molecule has 3 N–H and O–H groups in total. The fourth-order valence-electron chi connectivity index (χ4n) is 3.98. The van der Waals surface area contributed by atoms with Crippen LogP contribution in [-0.4, -0.2) is 33.9 Å². The van der Waals surface area contributed by atoms with E-state index in [1.54, 1.807) is 75.4 Å². The Balaban J connectivity index is 1.48. The van der Waals surface area contributed by atoms with Crippen LogP contribution in [0.1, 0.15) is 47.4 Å². The Hall–Kier alpha value is -4.93. The van der Waals surface area contributed by atoms with Gasteiger partial charge in [-0.2, -0.15) is 13.2 Å². The van der Waals surface area contributed by atoms with Crippen molar-refractivity contribution < 1.29 is 37.1 Å². The molecule has 2 amide bonds. The number of halogens is 3. The number of carboxylic acids is 1. The highest BCUT2D eigenvalue weighted by Gasteiger charge is 2.42. The molecule has 212 valence electrons. The van der Waals surface area contributed by atoms with Gasteiger partial charge in [-0.3, -0.25) is 9.59 Å². The second-order valence-corrected chi connectivity index (χ2v) is 10.3. The molecule has 0 saturated heterocycles. The fraction of sp³-hybridized carbons (Fsp3) is 0.200. The number of oxazole rings is 1. The maximum absolute atomic E-state index is 13.6. The number of carbonyl (C=O) groups is 3. The van der Waals surface area contributed by atoms with E-state index in [4.69, 9.17) is 4.42 Å². The molecule has 11 heteroatoms. The minimum Gasteiger partial charge on any atom is -0.480 e. The molecule has 0 radical (unpaired) electrons. The summed E-state index contributed by atoms with van der Waals surface area (Å²) in [5.74, 6) is -4.57. The maximum Gasteiger partial charge on any atom is 0.452 e. The van der Waals surface area contributed by atoms with Crippen LogP contribution >= 0.6 is 0 Å². The summed E-state index contributed by atoms with van der Waals surface area (Å²) in [6.07, 6.45) is -4.93. The molecule has 1 atom stereocenters. The first kappa shape index (κ1) is 29.1. The minimum absolute atomic E-state index is 0.231. The van der Waals surface area contributed by atoms with E-state index in [1.165, 1.54) is 24.3 Å². The molecule has 0 bridgehead atoms. The Morgan fingerprint density at radius 1 is 0.805 bits per heavy atom. The van der Waals surface area contributed by atoms with Gasteiger partial charge < -0.3 is 20.2 Å². The van der Waals surface area contributed by atoms with E-state index in [1.807, 2.05) is 0 Å². The summed E-state index contributed by atoms with van der Waals surface area (Å²) in [6.45, 7) is 5.14. The highest BCUT2D eigenvalue weighted by molar-refractivity contribution is 6.04. The molecule has 0 unspecified atom stereocenters. The van der Waals surface area contributed by atoms with E-state index in [-0.39, 0.29) is 17.1 Å². The van der Waals surface area contributed by atoms with Crippen molar-refractivity contribution in [3.63, 3.8) is 0 Å². The summed E-state index contributed by atoms with van der Waals surface area (Å²) in [6, 6.07) is 19.6. The maximum atomic E-state index is 13.6. The van der Waals surface area contributed by atoms with Crippen LogP contribution < -0.4 is 10.6 Å². The first-order valence-electron chi connectivity index (χ1n) is 12.4. The van der Waals surface area contributed by atoms with Crippen molar-refractivity contribution >= 4 is 23.5 Å². The molecule has 0 aliphatic heterocycles. The zero-order chi connectivity index (χ0) is 29.9. The number of carbonyl (C=O) groups excluding carboxylic acids is 2. The van der Waals surface area contributed by atoms with Gasteiger partial charge in [-0.05, 0) is 52.9 Å². The Bertz CT molecular complexity index is 1560. The van der Waals surface area contributed by atoms with E-state index in [0.717, 1.165) is 0 Å². The van der Waals surface area contributed by atoms with Gasteiger partial charge in [0, 0.05) is 16.8 Å².